The summed E-state index contributed by atoms with van der Waals surface area (Å²) < 4.78 is 16.1. The highest BCUT2D eigenvalue weighted by atomic mass is 16.5. The number of phenolic OH excluding ortho intramolecular Hbond substituents is 1. The minimum absolute atomic E-state index is 0.121. The van der Waals surface area contributed by atoms with Crippen LogP contribution in [0.15, 0.2) is 36.4 Å². The molecule has 29 heavy (non-hydrogen) atoms. The molecule has 1 saturated heterocycles. The van der Waals surface area contributed by atoms with E-state index in [1.165, 1.54) is 0 Å². The molecular weight excluding hydrogens is 372 g/mol. The van der Waals surface area contributed by atoms with Gasteiger partial charge in [0, 0.05) is 32.6 Å². The Morgan fingerprint density at radius 3 is 2.14 bits per heavy atom. The van der Waals surface area contributed by atoms with Gasteiger partial charge in [0.25, 0.3) is 0 Å². The number of carbonyl (C=O) groups is 1. The number of ether oxygens (including phenoxy) is 3. The van der Waals surface area contributed by atoms with E-state index < -0.39 is 0 Å². The number of hydrogen-bond donors (Lipinski definition) is 1. The molecule has 1 fully saturated rings. The molecule has 0 bridgehead atoms. The lowest BCUT2D eigenvalue weighted by Gasteiger charge is -2.36. The minimum atomic E-state index is 0.121. The first-order valence-corrected chi connectivity index (χ1v) is 9.67. The van der Waals surface area contributed by atoms with Gasteiger partial charge in [0.15, 0.2) is 11.5 Å². The van der Waals surface area contributed by atoms with Crippen LogP contribution in [-0.2, 0) is 11.2 Å². The van der Waals surface area contributed by atoms with Crippen LogP contribution in [-0.4, -0.2) is 63.4 Å². The van der Waals surface area contributed by atoms with Crippen molar-refractivity contribution in [2.24, 2.45) is 0 Å². The number of phenols is 1. The van der Waals surface area contributed by atoms with Crippen LogP contribution in [0.3, 0.4) is 0 Å². The fourth-order valence-corrected chi connectivity index (χ4v) is 3.62. The van der Waals surface area contributed by atoms with Crippen LogP contribution in [0.2, 0.25) is 0 Å². The first-order valence-electron chi connectivity index (χ1n) is 9.67. The van der Waals surface area contributed by atoms with E-state index in [0.717, 1.165) is 11.3 Å². The molecule has 1 heterocycles. The molecule has 3 rings (SSSR count). The van der Waals surface area contributed by atoms with Crippen molar-refractivity contribution >= 4 is 11.6 Å². The number of aromatic hydroxyl groups is 1. The highest BCUT2D eigenvalue weighted by molar-refractivity contribution is 5.77. The molecule has 2 aromatic carbocycles. The second-order valence-corrected chi connectivity index (χ2v) is 6.89. The van der Waals surface area contributed by atoms with Gasteiger partial charge in [-0.25, -0.2) is 0 Å². The molecule has 0 spiro atoms. The van der Waals surface area contributed by atoms with Gasteiger partial charge >= 0.3 is 0 Å². The zero-order chi connectivity index (χ0) is 20.8. The highest BCUT2D eigenvalue weighted by Crippen LogP contribution is 2.38. The van der Waals surface area contributed by atoms with Crippen LogP contribution in [0.25, 0.3) is 0 Å². The summed E-state index contributed by atoms with van der Waals surface area (Å²) in [4.78, 5) is 16.7. The first kappa shape index (κ1) is 20.6. The first-order chi connectivity index (χ1) is 14.1. The molecular formula is C22H28N2O5. The molecule has 1 aliphatic rings. The lowest BCUT2D eigenvalue weighted by molar-refractivity contribution is -0.131. The molecule has 1 aliphatic heterocycles. The zero-order valence-electron chi connectivity index (χ0n) is 17.2. The number of amides is 1. The average molecular weight is 400 g/mol. The predicted octanol–water partition coefficient (Wildman–Crippen LogP) is 2.70. The van der Waals surface area contributed by atoms with Gasteiger partial charge in [0.1, 0.15) is 5.75 Å². The third kappa shape index (κ3) is 4.67. The van der Waals surface area contributed by atoms with Crippen molar-refractivity contribution in [3.8, 4) is 23.0 Å². The van der Waals surface area contributed by atoms with Crippen molar-refractivity contribution in [3.05, 3.63) is 42.0 Å². The molecule has 0 radical (unpaired) electrons. The van der Waals surface area contributed by atoms with E-state index in [0.29, 0.717) is 56.3 Å². The molecule has 0 atom stereocenters. The Labute approximate surface area is 171 Å². The quantitative estimate of drug-likeness (QED) is 0.771. The molecule has 1 amide bonds. The number of methoxy groups -OCH3 is 3. The molecule has 0 aliphatic carbocycles. The lowest BCUT2D eigenvalue weighted by atomic mass is 10.1. The van der Waals surface area contributed by atoms with E-state index in [4.69, 9.17) is 14.2 Å². The Hall–Kier alpha value is -3.09. The fourth-order valence-electron chi connectivity index (χ4n) is 3.62. The molecule has 0 aromatic heterocycles. The van der Waals surface area contributed by atoms with Crippen molar-refractivity contribution < 1.29 is 24.1 Å². The number of para-hydroxylation sites is 2. The van der Waals surface area contributed by atoms with Crippen molar-refractivity contribution in [2.75, 3.05) is 52.4 Å². The maximum Gasteiger partial charge on any atom is 0.223 e. The number of aryl methyl sites for hydroxylation is 1. The van der Waals surface area contributed by atoms with Crippen LogP contribution in [0, 0.1) is 0 Å². The van der Waals surface area contributed by atoms with Gasteiger partial charge in [-0.1, -0.05) is 12.1 Å². The minimum Gasteiger partial charge on any atom is -0.506 e. The van der Waals surface area contributed by atoms with Gasteiger partial charge in [-0.3, -0.25) is 4.79 Å². The van der Waals surface area contributed by atoms with Gasteiger partial charge in [-0.2, -0.15) is 0 Å². The number of nitrogens with zero attached hydrogens (tertiary/aromatic N) is 2. The second kappa shape index (κ2) is 9.41. The summed E-state index contributed by atoms with van der Waals surface area (Å²) in [6.45, 7) is 2.69. The third-order valence-corrected chi connectivity index (χ3v) is 5.21. The topological polar surface area (TPSA) is 71.5 Å². The summed E-state index contributed by atoms with van der Waals surface area (Å²) in [6.07, 6.45) is 1.00. The molecule has 1 N–H and O–H groups in total. The standard InChI is InChI=1S/C22H28N2O5/c1-27-19-14-16(15-20(28-2)22(19)29-3)8-9-21(26)24-12-10-23(11-13-24)17-6-4-5-7-18(17)25/h4-7,14-15,25H,8-13H2,1-3H3. The van der Waals surface area contributed by atoms with Gasteiger partial charge in [-0.15, -0.1) is 0 Å². The van der Waals surface area contributed by atoms with Crippen molar-refractivity contribution in [2.45, 2.75) is 12.8 Å². The van der Waals surface area contributed by atoms with Crippen LogP contribution in [0.1, 0.15) is 12.0 Å². The van der Waals surface area contributed by atoms with E-state index in [-0.39, 0.29) is 11.7 Å². The molecule has 2 aromatic rings. The Morgan fingerprint density at radius 2 is 1.59 bits per heavy atom. The summed E-state index contributed by atoms with van der Waals surface area (Å²) in [5, 5.41) is 10.0. The molecule has 7 nitrogen and oxygen atoms in total. The third-order valence-electron chi connectivity index (χ3n) is 5.21. The van der Waals surface area contributed by atoms with Gasteiger partial charge in [0.2, 0.25) is 11.7 Å². The summed E-state index contributed by atoms with van der Waals surface area (Å²) in [5.41, 5.74) is 1.78. The number of rotatable bonds is 7. The maximum atomic E-state index is 12.7. The smallest absolute Gasteiger partial charge is 0.223 e. The van der Waals surface area contributed by atoms with E-state index in [2.05, 4.69) is 4.90 Å². The van der Waals surface area contributed by atoms with Crippen molar-refractivity contribution in [3.63, 3.8) is 0 Å². The van der Waals surface area contributed by atoms with Crippen LogP contribution < -0.4 is 19.1 Å². The highest BCUT2D eigenvalue weighted by Gasteiger charge is 2.22. The largest absolute Gasteiger partial charge is 0.506 e. The van der Waals surface area contributed by atoms with Crippen molar-refractivity contribution in [1.29, 1.82) is 0 Å². The normalized spacial score (nSPS) is 13.9. The predicted molar refractivity (Wildman–Crippen MR) is 111 cm³/mol. The maximum absolute atomic E-state index is 12.7. The monoisotopic (exact) mass is 400 g/mol. The summed E-state index contributed by atoms with van der Waals surface area (Å²) in [5.74, 6) is 2.12. The summed E-state index contributed by atoms with van der Waals surface area (Å²) in [7, 11) is 4.73. The number of carbonyl (C=O) groups excluding carboxylic acids is 1. The Bertz CT molecular complexity index is 822. The number of hydrogen-bond acceptors (Lipinski definition) is 6. The van der Waals surface area contributed by atoms with Gasteiger partial charge < -0.3 is 29.1 Å². The second-order valence-electron chi connectivity index (χ2n) is 6.89. The Balaban J connectivity index is 1.57. The molecule has 7 heteroatoms. The van der Waals surface area contributed by atoms with Gasteiger partial charge in [-0.05, 0) is 36.2 Å². The van der Waals surface area contributed by atoms with Crippen molar-refractivity contribution in [1.82, 2.24) is 4.90 Å². The van der Waals surface area contributed by atoms with Crippen LogP contribution >= 0.6 is 0 Å². The number of piperazine rings is 1. The van der Waals surface area contributed by atoms with E-state index in [1.807, 2.05) is 35.2 Å². The fraction of sp³-hybridized carbons (Fsp3) is 0.409. The number of anilines is 1. The van der Waals surface area contributed by atoms with Crippen LogP contribution in [0.4, 0.5) is 5.69 Å². The SMILES string of the molecule is COc1cc(CCC(=O)N2CCN(c3ccccc3O)CC2)cc(OC)c1OC. The molecule has 0 saturated carbocycles. The number of benzene rings is 2. The summed E-state index contributed by atoms with van der Waals surface area (Å²) >= 11 is 0. The van der Waals surface area contributed by atoms with Gasteiger partial charge in [0.05, 0.1) is 27.0 Å². The van der Waals surface area contributed by atoms with Crippen LogP contribution in [0.5, 0.6) is 23.0 Å². The van der Waals surface area contributed by atoms with E-state index in [1.54, 1.807) is 27.4 Å². The lowest BCUT2D eigenvalue weighted by Crippen LogP contribution is -2.48. The Morgan fingerprint density at radius 1 is 0.966 bits per heavy atom. The molecule has 0 unspecified atom stereocenters. The average Bonchev–Trinajstić information content (AvgIpc) is 2.77. The van der Waals surface area contributed by atoms with E-state index >= 15 is 0 Å². The van der Waals surface area contributed by atoms with E-state index in [9.17, 15) is 9.90 Å². The zero-order valence-corrected chi connectivity index (χ0v) is 17.2. The Kier molecular flexibility index (Phi) is 6.69. The summed E-state index contributed by atoms with van der Waals surface area (Å²) in [6, 6.07) is 11.1. The molecule has 156 valence electrons.